The van der Waals surface area contributed by atoms with E-state index in [0.717, 1.165) is 47.3 Å². The van der Waals surface area contributed by atoms with Crippen molar-refractivity contribution in [1.29, 1.82) is 5.26 Å². The smallest absolute Gasteiger partial charge is 0.183 e. The van der Waals surface area contributed by atoms with E-state index in [2.05, 4.69) is 26.3 Å². The Morgan fingerprint density at radius 1 is 1.37 bits per heavy atom. The van der Waals surface area contributed by atoms with Gasteiger partial charge in [-0.05, 0) is 36.2 Å². The van der Waals surface area contributed by atoms with Crippen molar-refractivity contribution >= 4 is 22.3 Å². The first-order valence-corrected chi connectivity index (χ1v) is 9.52. The number of rotatable bonds is 4. The van der Waals surface area contributed by atoms with Crippen molar-refractivity contribution in [3.05, 3.63) is 69.6 Å². The summed E-state index contributed by atoms with van der Waals surface area (Å²) in [5, 5.41) is 13.2. The van der Waals surface area contributed by atoms with Crippen LogP contribution in [-0.2, 0) is 19.5 Å². The topological polar surface area (TPSA) is 64.8 Å². The molecule has 4 rings (SSSR count). The van der Waals surface area contributed by atoms with Gasteiger partial charge in [0, 0.05) is 30.6 Å². The van der Waals surface area contributed by atoms with Crippen molar-refractivity contribution in [3.8, 4) is 6.07 Å². The van der Waals surface area contributed by atoms with Crippen LogP contribution in [0.25, 0.3) is 0 Å². The van der Waals surface area contributed by atoms with Crippen LogP contribution in [0.15, 0.2) is 36.5 Å². The molecule has 0 amide bonds. The fraction of sp³-hybridized carbons (Fsp3) is 0.250. The number of benzene rings is 1. The number of pyridine rings is 1. The Morgan fingerprint density at radius 2 is 2.26 bits per heavy atom. The predicted molar refractivity (Wildman–Crippen MR) is 104 cm³/mol. The third-order valence-electron chi connectivity index (χ3n) is 4.54. The zero-order valence-electron chi connectivity index (χ0n) is 14.9. The van der Waals surface area contributed by atoms with Gasteiger partial charge in [-0.25, -0.2) is 14.4 Å². The largest absolute Gasteiger partial charge is 0.357 e. The first-order valence-electron chi connectivity index (χ1n) is 8.71. The SMILES string of the molecule is Cc1cc(C#N)cnc1N1CCc2nc(NCc3cccc(F)c3)sc2C1. The highest BCUT2D eigenvalue weighted by atomic mass is 32.1. The molecule has 2 aromatic heterocycles. The fourth-order valence-electron chi connectivity index (χ4n) is 3.24. The van der Waals surface area contributed by atoms with E-state index in [0.29, 0.717) is 12.1 Å². The number of halogens is 1. The number of hydrogen-bond donors (Lipinski definition) is 1. The van der Waals surface area contributed by atoms with E-state index >= 15 is 0 Å². The van der Waals surface area contributed by atoms with Gasteiger partial charge < -0.3 is 10.2 Å². The van der Waals surface area contributed by atoms with Crippen LogP contribution in [0.1, 0.15) is 27.3 Å². The van der Waals surface area contributed by atoms with Gasteiger partial charge in [0.15, 0.2) is 5.13 Å². The van der Waals surface area contributed by atoms with Crippen molar-refractivity contribution in [1.82, 2.24) is 9.97 Å². The Morgan fingerprint density at radius 3 is 3.04 bits per heavy atom. The second kappa shape index (κ2) is 7.33. The van der Waals surface area contributed by atoms with E-state index in [4.69, 9.17) is 5.26 Å². The third-order valence-corrected chi connectivity index (χ3v) is 5.58. The van der Waals surface area contributed by atoms with E-state index in [1.165, 1.54) is 17.0 Å². The van der Waals surface area contributed by atoms with E-state index < -0.39 is 0 Å². The minimum atomic E-state index is -0.228. The number of hydrogen-bond acceptors (Lipinski definition) is 6. The summed E-state index contributed by atoms with van der Waals surface area (Å²) in [7, 11) is 0. The van der Waals surface area contributed by atoms with Crippen LogP contribution >= 0.6 is 11.3 Å². The summed E-state index contributed by atoms with van der Waals surface area (Å²) in [6.07, 6.45) is 2.48. The minimum absolute atomic E-state index is 0.228. The monoisotopic (exact) mass is 379 g/mol. The maximum Gasteiger partial charge on any atom is 0.183 e. The average Bonchev–Trinajstić information content (AvgIpc) is 3.08. The lowest BCUT2D eigenvalue weighted by Gasteiger charge is -2.28. The molecule has 1 N–H and O–H groups in total. The maximum atomic E-state index is 13.3. The maximum absolute atomic E-state index is 13.3. The first kappa shape index (κ1) is 17.4. The molecule has 0 bridgehead atoms. The Hall–Kier alpha value is -2.98. The van der Waals surface area contributed by atoms with Crippen LogP contribution in [0.2, 0.25) is 0 Å². The summed E-state index contributed by atoms with van der Waals surface area (Å²) < 4.78 is 13.3. The van der Waals surface area contributed by atoms with Crippen LogP contribution in [-0.4, -0.2) is 16.5 Å². The van der Waals surface area contributed by atoms with E-state index in [9.17, 15) is 4.39 Å². The quantitative estimate of drug-likeness (QED) is 0.741. The number of aromatic nitrogens is 2. The Bertz CT molecular complexity index is 1020. The molecule has 0 spiro atoms. The van der Waals surface area contributed by atoms with Crippen LogP contribution in [0.3, 0.4) is 0 Å². The summed E-state index contributed by atoms with van der Waals surface area (Å²) in [6, 6.07) is 10.6. The Kier molecular flexibility index (Phi) is 4.73. The molecule has 0 atom stereocenters. The number of nitrogens with one attached hydrogen (secondary N) is 1. The van der Waals surface area contributed by atoms with E-state index in [-0.39, 0.29) is 5.82 Å². The van der Waals surface area contributed by atoms with Gasteiger partial charge in [-0.1, -0.05) is 23.5 Å². The van der Waals surface area contributed by atoms with Crippen LogP contribution in [0, 0.1) is 24.1 Å². The van der Waals surface area contributed by atoms with E-state index in [1.54, 1.807) is 23.6 Å². The number of anilines is 2. The molecule has 1 aliphatic rings. The molecular formula is C20H18FN5S. The van der Waals surface area contributed by atoms with Crippen LogP contribution in [0.5, 0.6) is 0 Å². The number of nitrogens with zero attached hydrogens (tertiary/aromatic N) is 4. The standard InChI is InChI=1S/C20H18FN5S/c1-13-7-15(9-22)11-23-19(13)26-6-5-17-18(12-26)27-20(25-17)24-10-14-3-2-4-16(21)8-14/h2-4,7-8,11H,5-6,10,12H2,1H3,(H,24,25). The highest BCUT2D eigenvalue weighted by Crippen LogP contribution is 2.31. The van der Waals surface area contributed by atoms with Crippen molar-refractivity contribution in [2.24, 2.45) is 0 Å². The normalized spacial score (nSPS) is 13.1. The lowest BCUT2D eigenvalue weighted by atomic mass is 10.1. The number of fused-ring (bicyclic) bond motifs is 1. The lowest BCUT2D eigenvalue weighted by molar-refractivity contribution is 0.626. The Labute approximate surface area is 161 Å². The van der Waals surface area contributed by atoms with Gasteiger partial charge in [0.1, 0.15) is 17.7 Å². The summed E-state index contributed by atoms with van der Waals surface area (Å²) in [5.74, 6) is 0.691. The molecule has 0 saturated heterocycles. The molecule has 3 aromatic rings. The van der Waals surface area contributed by atoms with Crippen LogP contribution < -0.4 is 10.2 Å². The molecule has 0 aliphatic carbocycles. The highest BCUT2D eigenvalue weighted by Gasteiger charge is 2.22. The molecule has 0 fully saturated rings. The van der Waals surface area contributed by atoms with Crippen molar-refractivity contribution in [3.63, 3.8) is 0 Å². The second-order valence-corrected chi connectivity index (χ2v) is 7.60. The Balaban J connectivity index is 1.47. The van der Waals surface area contributed by atoms with Gasteiger partial charge in [-0.2, -0.15) is 5.26 Å². The van der Waals surface area contributed by atoms with Gasteiger partial charge in [0.25, 0.3) is 0 Å². The van der Waals surface area contributed by atoms with E-state index in [1.807, 2.05) is 19.1 Å². The van der Waals surface area contributed by atoms with Crippen molar-refractivity contribution in [2.45, 2.75) is 26.4 Å². The molecule has 1 aliphatic heterocycles. The highest BCUT2D eigenvalue weighted by molar-refractivity contribution is 7.15. The zero-order valence-corrected chi connectivity index (χ0v) is 15.7. The molecule has 136 valence electrons. The molecule has 3 heterocycles. The van der Waals surface area contributed by atoms with Crippen molar-refractivity contribution < 1.29 is 4.39 Å². The van der Waals surface area contributed by atoms with Gasteiger partial charge in [-0.15, -0.1) is 0 Å². The number of thiazole rings is 1. The third kappa shape index (κ3) is 3.76. The predicted octanol–water partition coefficient (Wildman–Crippen LogP) is 4.03. The average molecular weight is 379 g/mol. The molecule has 0 saturated carbocycles. The molecule has 5 nitrogen and oxygen atoms in total. The molecular weight excluding hydrogens is 361 g/mol. The molecule has 0 radical (unpaired) electrons. The first-order chi connectivity index (χ1) is 13.1. The molecule has 0 unspecified atom stereocenters. The number of aryl methyl sites for hydroxylation is 1. The van der Waals surface area contributed by atoms with Crippen LogP contribution in [0.4, 0.5) is 15.3 Å². The van der Waals surface area contributed by atoms with Gasteiger partial charge >= 0.3 is 0 Å². The summed E-state index contributed by atoms with van der Waals surface area (Å²) in [5.41, 5.74) is 3.59. The van der Waals surface area contributed by atoms with Gasteiger partial charge in [0.2, 0.25) is 0 Å². The minimum Gasteiger partial charge on any atom is -0.357 e. The second-order valence-electron chi connectivity index (χ2n) is 6.52. The molecule has 7 heteroatoms. The zero-order chi connectivity index (χ0) is 18.8. The van der Waals surface area contributed by atoms with Gasteiger partial charge in [-0.3, -0.25) is 0 Å². The lowest BCUT2D eigenvalue weighted by Crippen LogP contribution is -2.31. The number of nitriles is 1. The summed E-state index contributed by atoms with van der Waals surface area (Å²) >= 11 is 1.63. The van der Waals surface area contributed by atoms with Crippen molar-refractivity contribution in [2.75, 3.05) is 16.8 Å². The molecule has 1 aromatic carbocycles. The summed E-state index contributed by atoms with van der Waals surface area (Å²) in [4.78, 5) is 12.6. The van der Waals surface area contributed by atoms with Gasteiger partial charge in [0.05, 0.1) is 17.8 Å². The fourth-order valence-corrected chi connectivity index (χ4v) is 4.26. The molecule has 27 heavy (non-hydrogen) atoms. The summed E-state index contributed by atoms with van der Waals surface area (Å²) in [6.45, 7) is 4.13.